The number of piperazine rings is 1. The van der Waals surface area contributed by atoms with E-state index in [1.807, 2.05) is 0 Å². The fourth-order valence-corrected chi connectivity index (χ4v) is 2.74. The number of hydrogen-bond acceptors (Lipinski definition) is 3. The summed E-state index contributed by atoms with van der Waals surface area (Å²) >= 11 is 0. The molecule has 1 saturated heterocycles. The highest BCUT2D eigenvalue weighted by molar-refractivity contribution is 5.52. The molecule has 0 unspecified atom stereocenters. The minimum absolute atomic E-state index is 0.609. The maximum absolute atomic E-state index is 5.72. The van der Waals surface area contributed by atoms with Gasteiger partial charge < -0.3 is 15.5 Å². The number of nitrogens with zero attached hydrogens (tertiary/aromatic N) is 2. The van der Waals surface area contributed by atoms with E-state index in [0.29, 0.717) is 6.54 Å². The zero-order chi connectivity index (χ0) is 13.8. The summed E-state index contributed by atoms with van der Waals surface area (Å²) < 4.78 is 0. The molecule has 0 amide bonds. The minimum atomic E-state index is 0.609. The van der Waals surface area contributed by atoms with Crippen molar-refractivity contribution in [1.82, 2.24) is 0 Å². The Hall–Kier alpha value is -2.00. The third-order valence-electron chi connectivity index (χ3n) is 3.91. The molecular formula is C17H21N3. The standard InChI is InChI=1S/C17H21N3/c18-14-15-5-4-8-17(13-15)20-11-9-19(10-12-20)16-6-2-1-3-7-16/h1-8,13H,9-12,14,18H2. The number of para-hydroxylation sites is 1. The van der Waals surface area contributed by atoms with Gasteiger partial charge in [0.25, 0.3) is 0 Å². The minimum Gasteiger partial charge on any atom is -0.368 e. The molecule has 0 spiro atoms. The van der Waals surface area contributed by atoms with Gasteiger partial charge >= 0.3 is 0 Å². The van der Waals surface area contributed by atoms with E-state index in [2.05, 4.69) is 64.4 Å². The average molecular weight is 267 g/mol. The first-order valence-electron chi connectivity index (χ1n) is 7.21. The van der Waals surface area contributed by atoms with E-state index in [1.54, 1.807) is 0 Å². The lowest BCUT2D eigenvalue weighted by molar-refractivity contribution is 0.653. The molecule has 2 aromatic rings. The Morgan fingerprint density at radius 2 is 1.35 bits per heavy atom. The van der Waals surface area contributed by atoms with Gasteiger partial charge in [-0.25, -0.2) is 0 Å². The van der Waals surface area contributed by atoms with E-state index in [-0.39, 0.29) is 0 Å². The Balaban J connectivity index is 1.66. The molecule has 1 fully saturated rings. The van der Waals surface area contributed by atoms with Gasteiger partial charge in [0.2, 0.25) is 0 Å². The largest absolute Gasteiger partial charge is 0.368 e. The molecule has 1 aliphatic heterocycles. The van der Waals surface area contributed by atoms with Gasteiger partial charge in [-0.2, -0.15) is 0 Å². The van der Waals surface area contributed by atoms with Crippen molar-refractivity contribution in [1.29, 1.82) is 0 Å². The Morgan fingerprint density at radius 3 is 2.00 bits per heavy atom. The summed E-state index contributed by atoms with van der Waals surface area (Å²) in [6.07, 6.45) is 0. The van der Waals surface area contributed by atoms with Crippen molar-refractivity contribution < 1.29 is 0 Å². The van der Waals surface area contributed by atoms with Gasteiger partial charge in [-0.15, -0.1) is 0 Å². The Morgan fingerprint density at radius 1 is 0.750 bits per heavy atom. The van der Waals surface area contributed by atoms with Gasteiger partial charge in [-0.05, 0) is 29.8 Å². The van der Waals surface area contributed by atoms with E-state index in [1.165, 1.54) is 16.9 Å². The first kappa shape index (κ1) is 13.0. The van der Waals surface area contributed by atoms with Crippen LogP contribution in [-0.4, -0.2) is 26.2 Å². The van der Waals surface area contributed by atoms with Crippen LogP contribution in [0, 0.1) is 0 Å². The summed E-state index contributed by atoms with van der Waals surface area (Å²) in [6.45, 7) is 4.86. The van der Waals surface area contributed by atoms with Crippen LogP contribution >= 0.6 is 0 Å². The summed E-state index contributed by atoms with van der Waals surface area (Å²) in [4.78, 5) is 4.89. The van der Waals surface area contributed by atoms with Crippen LogP contribution in [0.3, 0.4) is 0 Å². The van der Waals surface area contributed by atoms with Crippen molar-refractivity contribution in [3.05, 3.63) is 60.2 Å². The van der Waals surface area contributed by atoms with Crippen molar-refractivity contribution in [2.75, 3.05) is 36.0 Å². The molecule has 0 atom stereocenters. The average Bonchev–Trinajstić information content (AvgIpc) is 2.56. The highest BCUT2D eigenvalue weighted by Crippen LogP contribution is 2.21. The van der Waals surface area contributed by atoms with Crippen molar-refractivity contribution >= 4 is 11.4 Å². The molecule has 3 nitrogen and oxygen atoms in total. The summed E-state index contributed by atoms with van der Waals surface area (Å²) in [6, 6.07) is 19.2. The number of hydrogen-bond donors (Lipinski definition) is 1. The summed E-state index contributed by atoms with van der Waals surface area (Å²) in [5.74, 6) is 0. The highest BCUT2D eigenvalue weighted by atomic mass is 15.3. The zero-order valence-electron chi connectivity index (χ0n) is 11.7. The van der Waals surface area contributed by atoms with Crippen molar-refractivity contribution in [2.45, 2.75) is 6.54 Å². The molecular weight excluding hydrogens is 246 g/mol. The van der Waals surface area contributed by atoms with E-state index in [0.717, 1.165) is 26.2 Å². The van der Waals surface area contributed by atoms with E-state index < -0.39 is 0 Å². The molecule has 3 heteroatoms. The molecule has 1 heterocycles. The van der Waals surface area contributed by atoms with Gasteiger partial charge in [-0.1, -0.05) is 30.3 Å². The van der Waals surface area contributed by atoms with Crippen LogP contribution in [0.15, 0.2) is 54.6 Å². The highest BCUT2D eigenvalue weighted by Gasteiger charge is 2.17. The molecule has 0 saturated carbocycles. The molecule has 2 N–H and O–H groups in total. The van der Waals surface area contributed by atoms with Gasteiger partial charge in [0.15, 0.2) is 0 Å². The third-order valence-corrected chi connectivity index (χ3v) is 3.91. The lowest BCUT2D eigenvalue weighted by Gasteiger charge is -2.37. The second kappa shape index (κ2) is 5.97. The van der Waals surface area contributed by atoms with E-state index in [4.69, 9.17) is 5.73 Å². The van der Waals surface area contributed by atoms with Crippen molar-refractivity contribution in [3.63, 3.8) is 0 Å². The van der Waals surface area contributed by atoms with Crippen molar-refractivity contribution in [2.24, 2.45) is 5.73 Å². The Bertz CT molecular complexity index is 545. The van der Waals surface area contributed by atoms with Crippen LogP contribution in [0.25, 0.3) is 0 Å². The van der Waals surface area contributed by atoms with Gasteiger partial charge in [-0.3, -0.25) is 0 Å². The number of benzene rings is 2. The van der Waals surface area contributed by atoms with Crippen LogP contribution in [0.4, 0.5) is 11.4 Å². The molecule has 20 heavy (non-hydrogen) atoms. The quantitative estimate of drug-likeness (QED) is 0.927. The number of anilines is 2. The molecule has 3 rings (SSSR count). The van der Waals surface area contributed by atoms with Crippen LogP contribution in [-0.2, 0) is 6.54 Å². The number of rotatable bonds is 3. The maximum atomic E-state index is 5.72. The lowest BCUT2D eigenvalue weighted by Crippen LogP contribution is -2.46. The predicted molar refractivity (Wildman–Crippen MR) is 85.2 cm³/mol. The Kier molecular flexibility index (Phi) is 3.88. The molecule has 0 bridgehead atoms. The fourth-order valence-electron chi connectivity index (χ4n) is 2.74. The topological polar surface area (TPSA) is 32.5 Å². The van der Waals surface area contributed by atoms with Gasteiger partial charge in [0.05, 0.1) is 0 Å². The first-order valence-corrected chi connectivity index (χ1v) is 7.21. The van der Waals surface area contributed by atoms with Crippen LogP contribution < -0.4 is 15.5 Å². The molecule has 2 aromatic carbocycles. The van der Waals surface area contributed by atoms with Gasteiger partial charge in [0.1, 0.15) is 0 Å². The molecule has 1 aliphatic rings. The smallest absolute Gasteiger partial charge is 0.0370 e. The first-order chi connectivity index (χ1) is 9.86. The summed E-state index contributed by atoms with van der Waals surface area (Å²) in [5, 5.41) is 0. The maximum Gasteiger partial charge on any atom is 0.0370 e. The SMILES string of the molecule is NCc1cccc(N2CCN(c3ccccc3)CC2)c1. The second-order valence-electron chi connectivity index (χ2n) is 5.18. The molecule has 0 radical (unpaired) electrons. The Labute approximate surface area is 120 Å². The molecule has 0 aliphatic carbocycles. The predicted octanol–water partition coefficient (Wildman–Crippen LogP) is 2.47. The normalized spacial score (nSPS) is 15.4. The second-order valence-corrected chi connectivity index (χ2v) is 5.18. The summed E-state index contributed by atoms with van der Waals surface area (Å²) in [7, 11) is 0. The van der Waals surface area contributed by atoms with Crippen LogP contribution in [0.2, 0.25) is 0 Å². The summed E-state index contributed by atoms with van der Waals surface area (Å²) in [5.41, 5.74) is 9.54. The monoisotopic (exact) mass is 267 g/mol. The number of nitrogens with two attached hydrogens (primary N) is 1. The van der Waals surface area contributed by atoms with Crippen molar-refractivity contribution in [3.8, 4) is 0 Å². The lowest BCUT2D eigenvalue weighted by atomic mass is 10.1. The molecule has 0 aromatic heterocycles. The van der Waals surface area contributed by atoms with Gasteiger partial charge in [0, 0.05) is 44.1 Å². The zero-order valence-corrected chi connectivity index (χ0v) is 11.7. The van der Waals surface area contributed by atoms with Crippen LogP contribution in [0.1, 0.15) is 5.56 Å². The van der Waals surface area contributed by atoms with Crippen LogP contribution in [0.5, 0.6) is 0 Å². The van der Waals surface area contributed by atoms with E-state index in [9.17, 15) is 0 Å². The fraction of sp³-hybridized carbons (Fsp3) is 0.294. The third kappa shape index (κ3) is 2.78. The van der Waals surface area contributed by atoms with E-state index >= 15 is 0 Å². The molecule has 104 valence electrons.